The van der Waals surface area contributed by atoms with Gasteiger partial charge in [0.25, 0.3) is 0 Å². The van der Waals surface area contributed by atoms with Crippen molar-refractivity contribution in [1.29, 1.82) is 0 Å². The maximum atomic E-state index is 13.5. The first-order chi connectivity index (χ1) is 13.8. The van der Waals surface area contributed by atoms with Gasteiger partial charge in [0.1, 0.15) is 11.6 Å². The first-order valence-electron chi connectivity index (χ1n) is 11.9. The summed E-state index contributed by atoms with van der Waals surface area (Å²) in [4.78, 5) is 41.1. The molecule has 4 aliphatic carbocycles. The smallest absolute Gasteiger partial charge is 0.226 e. The summed E-state index contributed by atoms with van der Waals surface area (Å²) in [7, 11) is 0. The molecule has 1 saturated heterocycles. The highest BCUT2D eigenvalue weighted by Crippen LogP contribution is 2.62. The molecule has 2 unspecified atom stereocenters. The molecule has 158 valence electrons. The van der Waals surface area contributed by atoms with Gasteiger partial charge in [0.2, 0.25) is 5.91 Å². The molecule has 4 fully saturated rings. The summed E-state index contributed by atoms with van der Waals surface area (Å²) < 4.78 is 0. The third-order valence-electron chi connectivity index (χ3n) is 9.44. The van der Waals surface area contributed by atoms with Crippen molar-refractivity contribution in [1.82, 2.24) is 4.90 Å². The summed E-state index contributed by atoms with van der Waals surface area (Å²) >= 11 is 0. The Morgan fingerprint density at radius 2 is 1.76 bits per heavy atom. The highest BCUT2D eigenvalue weighted by Gasteiger charge is 2.62. The highest BCUT2D eigenvalue weighted by molar-refractivity contribution is 5.96. The molecule has 0 aromatic rings. The number of Topliss-reactive ketones (excluding diaryl/α,β-unsaturated/α-hetero) is 2. The number of rotatable bonds is 2. The van der Waals surface area contributed by atoms with Crippen LogP contribution in [0, 0.1) is 34.5 Å². The van der Waals surface area contributed by atoms with Crippen molar-refractivity contribution >= 4 is 17.5 Å². The van der Waals surface area contributed by atoms with Crippen LogP contribution in [0.1, 0.15) is 84.5 Å². The largest absolute Gasteiger partial charge is 0.316 e. The number of allylic oxidation sites excluding steroid dienone is 2. The summed E-state index contributed by atoms with van der Waals surface area (Å²) in [6.45, 7) is 5.13. The zero-order valence-corrected chi connectivity index (χ0v) is 18.0. The molecular weight excluding hydrogens is 362 g/mol. The average Bonchev–Trinajstić information content (AvgIpc) is 2.99. The molecule has 0 aromatic carbocycles. The van der Waals surface area contributed by atoms with Gasteiger partial charge in [-0.25, -0.2) is 0 Å². The number of ketones is 2. The van der Waals surface area contributed by atoms with Crippen molar-refractivity contribution in [3.8, 4) is 0 Å². The fourth-order valence-electron chi connectivity index (χ4n) is 7.89. The van der Waals surface area contributed by atoms with E-state index in [4.69, 9.17) is 0 Å². The molecule has 29 heavy (non-hydrogen) atoms. The fraction of sp³-hybridized carbons (Fsp3) is 0.800. The van der Waals surface area contributed by atoms with Crippen molar-refractivity contribution in [3.05, 3.63) is 11.8 Å². The SMILES string of the molecule is CC12CCC(=O)N(CC3CCCCC3)C1=CCC1[C@@H]2C(=O)C[C@]2(C)C(=O)CC[C@@H]12. The van der Waals surface area contributed by atoms with E-state index in [9.17, 15) is 14.4 Å². The molecule has 0 bridgehead atoms. The number of hydrogen-bond acceptors (Lipinski definition) is 3. The number of amides is 1. The van der Waals surface area contributed by atoms with Gasteiger partial charge in [0, 0.05) is 48.3 Å². The van der Waals surface area contributed by atoms with Crippen molar-refractivity contribution < 1.29 is 14.4 Å². The van der Waals surface area contributed by atoms with Gasteiger partial charge in [-0.3, -0.25) is 14.4 Å². The van der Waals surface area contributed by atoms with E-state index in [0.29, 0.717) is 36.9 Å². The predicted octanol–water partition coefficient (Wildman–Crippen LogP) is 4.67. The lowest BCUT2D eigenvalue weighted by molar-refractivity contribution is -0.152. The van der Waals surface area contributed by atoms with Crippen LogP contribution in [0.4, 0.5) is 0 Å². The molecule has 1 amide bonds. The summed E-state index contributed by atoms with van der Waals surface area (Å²) in [6.07, 6.45) is 12.8. The van der Waals surface area contributed by atoms with Crippen LogP contribution in [0.2, 0.25) is 0 Å². The van der Waals surface area contributed by atoms with Crippen LogP contribution < -0.4 is 0 Å². The number of hydrogen-bond donors (Lipinski definition) is 0. The first kappa shape index (κ1) is 19.5. The van der Waals surface area contributed by atoms with Crippen LogP contribution in [0.25, 0.3) is 0 Å². The second kappa shape index (κ2) is 6.78. The Morgan fingerprint density at radius 3 is 2.52 bits per heavy atom. The van der Waals surface area contributed by atoms with E-state index in [1.54, 1.807) is 0 Å². The second-order valence-electron chi connectivity index (χ2n) is 11.0. The number of fused-ring (bicyclic) bond motifs is 5. The van der Waals surface area contributed by atoms with Gasteiger partial charge in [-0.15, -0.1) is 0 Å². The lowest BCUT2D eigenvalue weighted by Gasteiger charge is -2.57. The van der Waals surface area contributed by atoms with Crippen LogP contribution in [0.3, 0.4) is 0 Å². The molecule has 0 aromatic heterocycles. The first-order valence-corrected chi connectivity index (χ1v) is 11.9. The minimum Gasteiger partial charge on any atom is -0.316 e. The van der Waals surface area contributed by atoms with E-state index in [2.05, 4.69) is 17.9 Å². The van der Waals surface area contributed by atoms with Crippen LogP contribution in [-0.4, -0.2) is 28.9 Å². The Bertz CT molecular complexity index is 779. The third kappa shape index (κ3) is 2.80. The maximum Gasteiger partial charge on any atom is 0.226 e. The van der Waals surface area contributed by atoms with Crippen molar-refractivity contribution in [2.24, 2.45) is 34.5 Å². The van der Waals surface area contributed by atoms with Gasteiger partial charge < -0.3 is 4.90 Å². The lowest BCUT2D eigenvalue weighted by atomic mass is 9.49. The molecule has 0 N–H and O–H groups in total. The van der Waals surface area contributed by atoms with Crippen molar-refractivity contribution in [2.75, 3.05) is 6.54 Å². The van der Waals surface area contributed by atoms with Crippen LogP contribution >= 0.6 is 0 Å². The summed E-state index contributed by atoms with van der Waals surface area (Å²) in [5.74, 6) is 2.01. The Hall–Kier alpha value is -1.45. The van der Waals surface area contributed by atoms with Crippen molar-refractivity contribution in [2.45, 2.75) is 84.5 Å². The Balaban J connectivity index is 1.48. The Labute approximate surface area is 174 Å². The molecule has 5 aliphatic rings. The molecule has 5 atom stereocenters. The fourth-order valence-corrected chi connectivity index (χ4v) is 7.89. The number of likely N-dealkylation sites (tertiary alicyclic amines) is 1. The van der Waals surface area contributed by atoms with Gasteiger partial charge in [0.15, 0.2) is 0 Å². The molecule has 0 radical (unpaired) electrons. The van der Waals surface area contributed by atoms with E-state index >= 15 is 0 Å². The molecular formula is C25H35NO3. The average molecular weight is 398 g/mol. The molecule has 3 saturated carbocycles. The van der Waals surface area contributed by atoms with Crippen LogP contribution in [-0.2, 0) is 14.4 Å². The van der Waals surface area contributed by atoms with E-state index < -0.39 is 5.41 Å². The van der Waals surface area contributed by atoms with E-state index in [0.717, 1.165) is 31.5 Å². The number of nitrogens with zero attached hydrogens (tertiary/aromatic N) is 1. The van der Waals surface area contributed by atoms with Crippen LogP contribution in [0.5, 0.6) is 0 Å². The zero-order chi connectivity index (χ0) is 20.4. The molecule has 4 nitrogen and oxygen atoms in total. The lowest BCUT2D eigenvalue weighted by Crippen LogP contribution is -2.58. The summed E-state index contributed by atoms with van der Waals surface area (Å²) in [5, 5.41) is 0. The Kier molecular flexibility index (Phi) is 4.56. The zero-order valence-electron chi connectivity index (χ0n) is 18.0. The minimum atomic E-state index is -0.438. The predicted molar refractivity (Wildman–Crippen MR) is 111 cm³/mol. The van der Waals surface area contributed by atoms with Crippen molar-refractivity contribution in [3.63, 3.8) is 0 Å². The van der Waals surface area contributed by atoms with E-state index in [-0.39, 0.29) is 28.9 Å². The number of piperidine rings is 1. The second-order valence-corrected chi connectivity index (χ2v) is 11.0. The quantitative estimate of drug-likeness (QED) is 0.680. The van der Waals surface area contributed by atoms with Gasteiger partial charge >= 0.3 is 0 Å². The molecule has 5 rings (SSSR count). The van der Waals surface area contributed by atoms with Gasteiger partial charge in [0.05, 0.1) is 0 Å². The normalized spacial score (nSPS) is 43.0. The van der Waals surface area contributed by atoms with E-state index in [1.807, 2.05) is 6.92 Å². The van der Waals surface area contributed by atoms with Gasteiger partial charge in [-0.05, 0) is 49.9 Å². The monoisotopic (exact) mass is 397 g/mol. The maximum absolute atomic E-state index is 13.5. The highest BCUT2D eigenvalue weighted by atomic mass is 16.2. The molecule has 4 heteroatoms. The standard InChI is InChI=1S/C25H35NO3/c1-24-13-12-22(29)26(15-16-6-4-3-5-7-16)20(24)10-8-17-18-9-11-21(28)25(18,2)14-19(27)23(17)24/h10,16-18,23H,3-9,11-15H2,1-2H3/t17?,18-,23+,24?,25-/m0/s1. The van der Waals surface area contributed by atoms with E-state index in [1.165, 1.54) is 32.1 Å². The van der Waals surface area contributed by atoms with Gasteiger partial charge in [-0.1, -0.05) is 39.2 Å². The third-order valence-corrected chi connectivity index (χ3v) is 9.44. The van der Waals surface area contributed by atoms with Gasteiger partial charge in [-0.2, -0.15) is 0 Å². The molecule has 0 spiro atoms. The molecule has 1 heterocycles. The summed E-state index contributed by atoms with van der Waals surface area (Å²) in [5.41, 5.74) is 0.462. The topological polar surface area (TPSA) is 54.5 Å². The van der Waals surface area contributed by atoms with Crippen LogP contribution in [0.15, 0.2) is 11.8 Å². The minimum absolute atomic E-state index is 0.0200. The number of carbonyl (C=O) groups is 3. The molecule has 1 aliphatic heterocycles. The summed E-state index contributed by atoms with van der Waals surface area (Å²) in [6, 6.07) is 0. The Morgan fingerprint density at radius 1 is 1.00 bits per heavy atom. The number of carbonyl (C=O) groups excluding carboxylic acids is 3.